The van der Waals surface area contributed by atoms with E-state index in [2.05, 4.69) is 4.74 Å². The van der Waals surface area contributed by atoms with Gasteiger partial charge in [-0.25, -0.2) is 4.79 Å². The van der Waals surface area contributed by atoms with Gasteiger partial charge in [-0.05, 0) is 0 Å². The highest BCUT2D eigenvalue weighted by Crippen LogP contribution is 2.28. The Labute approximate surface area is 47.4 Å². The Bertz CT molecular complexity index is 102. The van der Waals surface area contributed by atoms with Crippen molar-refractivity contribution in [3.63, 3.8) is 0 Å². The number of alkyl halides is 2. The lowest BCUT2D eigenvalue weighted by Crippen LogP contribution is -2.23. The molecule has 0 rings (SSSR count). The molecule has 0 fully saturated rings. The average molecular weight is 144 g/mol. The second-order valence-corrected chi connectivity index (χ2v) is 0.963. The molecule has 0 aromatic rings. The van der Waals surface area contributed by atoms with Crippen molar-refractivity contribution in [3.8, 4) is 0 Å². The summed E-state index contributed by atoms with van der Waals surface area (Å²) in [6, 6.07) is 0. The summed E-state index contributed by atoms with van der Waals surface area (Å²) in [5.74, 6) is 0. The maximum absolute atomic E-state index is 11.3. The first-order chi connectivity index (χ1) is 4.00. The number of carbonyl (C=O) groups excluding carboxylic acids is 1. The van der Waals surface area contributed by atoms with Crippen molar-refractivity contribution >= 4 is 6.47 Å². The minimum absolute atomic E-state index is 0.188. The molecule has 0 heterocycles. The van der Waals surface area contributed by atoms with Gasteiger partial charge in [0, 0.05) is 0 Å². The van der Waals surface area contributed by atoms with Gasteiger partial charge in [0.2, 0.25) is 0 Å². The van der Waals surface area contributed by atoms with E-state index in [1.165, 1.54) is 0 Å². The molecule has 2 nitrogen and oxygen atoms in total. The average Bonchev–Trinajstić information content (AvgIpc) is 1.65. The molecule has 0 aliphatic heterocycles. The van der Waals surface area contributed by atoms with Crippen LogP contribution in [0.25, 0.3) is 0 Å². The fourth-order valence-electron chi connectivity index (χ4n) is 0.0909. The normalized spacial score (nSPS) is 11.7. The summed E-state index contributed by atoms with van der Waals surface area (Å²) >= 11 is 0. The number of hydrogen-bond donors (Lipinski definition) is 0. The van der Waals surface area contributed by atoms with Gasteiger partial charge in [-0.1, -0.05) is 0 Å². The van der Waals surface area contributed by atoms with E-state index in [4.69, 9.17) is 4.79 Å². The molecule has 52 valence electrons. The molecule has 0 aliphatic carbocycles. The van der Waals surface area contributed by atoms with Crippen molar-refractivity contribution in [2.45, 2.75) is 6.11 Å². The largest absolute Gasteiger partial charge is 0.473 e. The Morgan fingerprint density at radius 1 is 1.44 bits per heavy atom. The molecule has 9 heavy (non-hydrogen) atoms. The smallest absolute Gasteiger partial charge is 0.387 e. The summed E-state index contributed by atoms with van der Waals surface area (Å²) in [4.78, 5) is 8.95. The van der Waals surface area contributed by atoms with Crippen molar-refractivity contribution < 1.29 is 27.1 Å². The third-order valence-corrected chi connectivity index (χ3v) is 0.390. The van der Waals surface area contributed by atoms with Crippen LogP contribution in [0.5, 0.6) is 0 Å². The number of rotatable bonds is 3. The first kappa shape index (κ1) is 8.19. The molecule has 0 spiro atoms. The van der Waals surface area contributed by atoms with E-state index in [1.54, 1.807) is 0 Å². The van der Waals surface area contributed by atoms with Crippen LogP contribution in [0.4, 0.5) is 17.6 Å². The van der Waals surface area contributed by atoms with Crippen molar-refractivity contribution in [1.82, 2.24) is 0 Å². The van der Waals surface area contributed by atoms with Crippen LogP contribution >= 0.6 is 0 Å². The van der Waals surface area contributed by atoms with Crippen LogP contribution in [0.1, 0.15) is 0 Å². The second-order valence-electron chi connectivity index (χ2n) is 0.963. The number of ether oxygens (including phenoxy) is 1. The van der Waals surface area contributed by atoms with E-state index in [9.17, 15) is 17.6 Å². The van der Waals surface area contributed by atoms with Gasteiger partial charge in [0.25, 0.3) is 0 Å². The zero-order chi connectivity index (χ0) is 7.49. The van der Waals surface area contributed by atoms with Crippen LogP contribution in [0.2, 0.25) is 0 Å². The highest BCUT2D eigenvalue weighted by molar-refractivity contribution is 5.39. The molecule has 2 radical (unpaired) electrons. The van der Waals surface area contributed by atoms with Gasteiger partial charge in [0.15, 0.2) is 0 Å². The predicted molar refractivity (Wildman–Crippen MR) is 17.2 cm³/mol. The minimum Gasteiger partial charge on any atom is -0.387 e. The van der Waals surface area contributed by atoms with E-state index in [0.717, 1.165) is 0 Å². The highest BCUT2D eigenvalue weighted by atomic mass is 19.3. The zero-order valence-electron chi connectivity index (χ0n) is 3.83. The predicted octanol–water partition coefficient (Wildman–Crippen LogP) is 1.09. The highest BCUT2D eigenvalue weighted by Gasteiger charge is 2.46. The summed E-state index contributed by atoms with van der Waals surface area (Å²) in [6.45, 7) is 0.188. The molecule has 0 aromatic heterocycles. The van der Waals surface area contributed by atoms with E-state index in [0.29, 0.717) is 0 Å². The molecule has 6 heteroatoms. The summed E-state index contributed by atoms with van der Waals surface area (Å²) in [7, 11) is 0. The molecule has 0 amide bonds. The standard InChI is InChI=1S/C3F4O2/c4-2(5)3(6,7)9-1-8. The summed E-state index contributed by atoms with van der Waals surface area (Å²) in [5, 5.41) is 0. The Morgan fingerprint density at radius 3 is 2.00 bits per heavy atom. The molecule has 0 unspecified atom stereocenters. The van der Waals surface area contributed by atoms with E-state index >= 15 is 0 Å². The molecule has 0 bridgehead atoms. The van der Waals surface area contributed by atoms with Crippen LogP contribution in [-0.4, -0.2) is 12.6 Å². The summed E-state index contributed by atoms with van der Waals surface area (Å²) < 4.78 is 46.8. The number of halogens is 4. The Balaban J connectivity index is 3.84. The first-order valence-corrected chi connectivity index (χ1v) is 1.62. The molecule has 0 N–H and O–H groups in total. The van der Waals surface area contributed by atoms with Gasteiger partial charge in [-0.15, -0.1) is 0 Å². The van der Waals surface area contributed by atoms with Gasteiger partial charge < -0.3 is 4.74 Å². The molecule has 0 aliphatic rings. The van der Waals surface area contributed by atoms with Gasteiger partial charge in [-0.3, -0.25) is 0 Å². The quantitative estimate of drug-likeness (QED) is 0.554. The van der Waals surface area contributed by atoms with Crippen LogP contribution in [-0.2, 0) is 9.53 Å². The van der Waals surface area contributed by atoms with Gasteiger partial charge >= 0.3 is 19.0 Å². The van der Waals surface area contributed by atoms with E-state index in [1.807, 2.05) is 0 Å². The maximum atomic E-state index is 11.3. The fraction of sp³-hybridized carbons (Fsp3) is 0.333. The molecule has 0 saturated carbocycles. The Hall–Kier alpha value is -0.810. The van der Waals surface area contributed by atoms with Crippen LogP contribution in [0, 0.1) is 6.43 Å². The molecular weight excluding hydrogens is 144 g/mol. The molecule has 0 atom stereocenters. The lowest BCUT2D eigenvalue weighted by atomic mass is 10.7. The SMILES string of the molecule is O=[C]OC(F)(F)[C](F)F. The molecular formula is C3F4O2. The second kappa shape index (κ2) is 2.65. The first-order valence-electron chi connectivity index (χ1n) is 1.62. The van der Waals surface area contributed by atoms with Gasteiger partial charge in [0.1, 0.15) is 0 Å². The lowest BCUT2D eigenvalue weighted by molar-refractivity contribution is -0.214. The summed E-state index contributed by atoms with van der Waals surface area (Å²) in [5.41, 5.74) is 0. The lowest BCUT2D eigenvalue weighted by Gasteiger charge is -2.07. The van der Waals surface area contributed by atoms with Crippen molar-refractivity contribution in [2.24, 2.45) is 0 Å². The van der Waals surface area contributed by atoms with Gasteiger partial charge in [0.05, 0.1) is 0 Å². The Kier molecular flexibility index (Phi) is 2.41. The van der Waals surface area contributed by atoms with Crippen molar-refractivity contribution in [3.05, 3.63) is 6.43 Å². The van der Waals surface area contributed by atoms with Crippen molar-refractivity contribution in [1.29, 1.82) is 0 Å². The zero-order valence-corrected chi connectivity index (χ0v) is 3.83. The van der Waals surface area contributed by atoms with Crippen molar-refractivity contribution in [2.75, 3.05) is 0 Å². The third kappa shape index (κ3) is 2.29. The molecule has 0 saturated heterocycles. The third-order valence-electron chi connectivity index (χ3n) is 0.390. The number of hydrogen-bond acceptors (Lipinski definition) is 2. The maximum Gasteiger partial charge on any atom is 0.473 e. The van der Waals surface area contributed by atoms with E-state index < -0.39 is 12.5 Å². The van der Waals surface area contributed by atoms with E-state index in [-0.39, 0.29) is 6.47 Å². The molecule has 0 aromatic carbocycles. The Morgan fingerprint density at radius 2 is 1.89 bits per heavy atom. The minimum atomic E-state index is -4.79. The van der Waals surface area contributed by atoms with Crippen LogP contribution in [0.15, 0.2) is 0 Å². The fourth-order valence-corrected chi connectivity index (χ4v) is 0.0909. The van der Waals surface area contributed by atoms with Crippen LogP contribution in [0.3, 0.4) is 0 Å². The summed E-state index contributed by atoms with van der Waals surface area (Å²) in [6.07, 6.45) is -8.06. The van der Waals surface area contributed by atoms with Crippen LogP contribution < -0.4 is 0 Å². The monoisotopic (exact) mass is 144 g/mol. The van der Waals surface area contributed by atoms with Gasteiger partial charge in [-0.2, -0.15) is 17.6 Å². The topological polar surface area (TPSA) is 26.3 Å².